The third kappa shape index (κ3) is 1.56. The van der Waals surface area contributed by atoms with Crippen molar-refractivity contribution in [2.45, 2.75) is 38.9 Å². The highest BCUT2D eigenvalue weighted by atomic mass is 16.6. The highest BCUT2D eigenvalue weighted by molar-refractivity contribution is 5.98. The summed E-state index contributed by atoms with van der Waals surface area (Å²) in [6.45, 7) is 7.74. The molecule has 0 bridgehead atoms. The number of aliphatic hydroxyl groups excluding tert-OH is 1. The van der Waals surface area contributed by atoms with Gasteiger partial charge < -0.3 is 9.84 Å². The van der Waals surface area contributed by atoms with Crippen molar-refractivity contribution in [2.24, 2.45) is 17.3 Å². The van der Waals surface area contributed by atoms with Gasteiger partial charge in [-0.2, -0.15) is 0 Å². The fraction of sp³-hybridized carbons (Fsp3) is 0.600. The first kappa shape index (κ1) is 12.6. The standard InChI is InChI=1S/C15H18O4/c1-7-4-12-9(8(2)14(18)19-12)6-15(3)10(7)5-11(16)13(15)17/h5,7,9,12-13,17H,2,4,6H2,1,3H3/t7-,9+,12+,13-,15-/m1/s1. The van der Waals surface area contributed by atoms with Gasteiger partial charge in [-0.05, 0) is 24.8 Å². The summed E-state index contributed by atoms with van der Waals surface area (Å²) in [5, 5.41) is 10.2. The Balaban J connectivity index is 2.04. The Labute approximate surface area is 112 Å². The largest absolute Gasteiger partial charge is 0.458 e. The van der Waals surface area contributed by atoms with Crippen LogP contribution in [0.15, 0.2) is 23.8 Å². The second kappa shape index (κ2) is 3.79. The van der Waals surface area contributed by atoms with Crippen LogP contribution in [-0.4, -0.2) is 29.1 Å². The van der Waals surface area contributed by atoms with Crippen LogP contribution in [0.1, 0.15) is 26.7 Å². The number of aliphatic hydroxyl groups is 1. The van der Waals surface area contributed by atoms with Crippen LogP contribution in [0.3, 0.4) is 0 Å². The molecule has 0 radical (unpaired) electrons. The quantitative estimate of drug-likeness (QED) is 0.529. The van der Waals surface area contributed by atoms with Crippen molar-refractivity contribution in [3.63, 3.8) is 0 Å². The van der Waals surface area contributed by atoms with Gasteiger partial charge in [0.2, 0.25) is 0 Å². The van der Waals surface area contributed by atoms with Gasteiger partial charge in [0.25, 0.3) is 0 Å². The molecule has 0 aromatic rings. The number of carbonyl (C=O) groups excluding carboxylic acids is 2. The molecule has 2 fully saturated rings. The average Bonchev–Trinajstić information content (AvgIpc) is 2.68. The van der Waals surface area contributed by atoms with Crippen LogP contribution in [0, 0.1) is 17.3 Å². The minimum absolute atomic E-state index is 0.0913. The Morgan fingerprint density at radius 2 is 2.16 bits per heavy atom. The van der Waals surface area contributed by atoms with E-state index in [4.69, 9.17) is 4.74 Å². The first-order valence-corrected chi connectivity index (χ1v) is 6.68. The lowest BCUT2D eigenvalue weighted by molar-refractivity contribution is -0.139. The number of carbonyl (C=O) groups is 2. The average molecular weight is 262 g/mol. The lowest BCUT2D eigenvalue weighted by Gasteiger charge is -2.33. The predicted octanol–water partition coefficient (Wildman–Crippen LogP) is 1.39. The Kier molecular flexibility index (Phi) is 2.52. The van der Waals surface area contributed by atoms with Crippen LogP contribution in [0.5, 0.6) is 0 Å². The molecule has 102 valence electrons. The highest BCUT2D eigenvalue weighted by Gasteiger charge is 2.54. The van der Waals surface area contributed by atoms with Crippen LogP contribution < -0.4 is 0 Å². The molecule has 2 aliphatic carbocycles. The molecule has 3 aliphatic rings. The van der Waals surface area contributed by atoms with Gasteiger partial charge in [-0.3, -0.25) is 4.79 Å². The number of ether oxygens (including phenoxy) is 1. The van der Waals surface area contributed by atoms with Gasteiger partial charge in [0.15, 0.2) is 5.78 Å². The molecule has 0 aromatic carbocycles. The lowest BCUT2D eigenvalue weighted by atomic mass is 9.72. The van der Waals surface area contributed by atoms with E-state index in [2.05, 4.69) is 6.58 Å². The normalized spacial score (nSPS) is 45.4. The summed E-state index contributed by atoms with van der Waals surface area (Å²) in [6, 6.07) is 0. The van der Waals surface area contributed by atoms with E-state index >= 15 is 0 Å². The molecule has 4 heteroatoms. The SMILES string of the molecule is C=C1C(=O)O[C@H]2C[C@@H](C)C3=CC(=O)[C@@H](O)[C@]3(C)C[C@@H]12. The van der Waals surface area contributed by atoms with Crippen molar-refractivity contribution in [3.8, 4) is 0 Å². The van der Waals surface area contributed by atoms with Gasteiger partial charge in [0.05, 0.1) is 0 Å². The molecule has 3 rings (SSSR count). The summed E-state index contributed by atoms with van der Waals surface area (Å²) >= 11 is 0. The maximum absolute atomic E-state index is 11.8. The third-order valence-electron chi connectivity index (χ3n) is 5.01. The zero-order chi connectivity index (χ0) is 13.9. The first-order chi connectivity index (χ1) is 8.84. The zero-order valence-corrected chi connectivity index (χ0v) is 11.2. The fourth-order valence-electron chi connectivity index (χ4n) is 3.87. The first-order valence-electron chi connectivity index (χ1n) is 6.68. The van der Waals surface area contributed by atoms with Crippen molar-refractivity contribution >= 4 is 11.8 Å². The van der Waals surface area contributed by atoms with Gasteiger partial charge in [-0.25, -0.2) is 4.79 Å². The number of hydrogen-bond donors (Lipinski definition) is 1. The van der Waals surface area contributed by atoms with Gasteiger partial charge >= 0.3 is 5.97 Å². The Morgan fingerprint density at radius 3 is 2.84 bits per heavy atom. The third-order valence-corrected chi connectivity index (χ3v) is 5.01. The summed E-state index contributed by atoms with van der Waals surface area (Å²) in [5.74, 6) is -0.526. The monoisotopic (exact) mass is 262 g/mol. The van der Waals surface area contributed by atoms with E-state index in [9.17, 15) is 14.7 Å². The number of esters is 1. The van der Waals surface area contributed by atoms with E-state index in [1.165, 1.54) is 0 Å². The number of ketones is 1. The Hall–Kier alpha value is -1.42. The molecule has 5 atom stereocenters. The molecular formula is C15H18O4. The second-order valence-electron chi connectivity index (χ2n) is 6.24. The van der Waals surface area contributed by atoms with Crippen LogP contribution in [-0.2, 0) is 14.3 Å². The summed E-state index contributed by atoms with van der Waals surface area (Å²) in [4.78, 5) is 23.4. The van der Waals surface area contributed by atoms with Crippen molar-refractivity contribution < 1.29 is 19.4 Å². The second-order valence-corrected chi connectivity index (χ2v) is 6.24. The number of fused-ring (bicyclic) bond motifs is 2. The van der Waals surface area contributed by atoms with Crippen LogP contribution in [0.4, 0.5) is 0 Å². The van der Waals surface area contributed by atoms with Crippen molar-refractivity contribution in [1.29, 1.82) is 0 Å². The molecule has 1 saturated heterocycles. The molecule has 1 saturated carbocycles. The van der Waals surface area contributed by atoms with Crippen molar-refractivity contribution in [2.75, 3.05) is 0 Å². The van der Waals surface area contributed by atoms with E-state index < -0.39 is 11.5 Å². The lowest BCUT2D eigenvalue weighted by Crippen LogP contribution is -2.36. The highest BCUT2D eigenvalue weighted by Crippen LogP contribution is 2.53. The summed E-state index contributed by atoms with van der Waals surface area (Å²) in [5.41, 5.74) is 0.877. The molecule has 0 unspecified atom stereocenters. The predicted molar refractivity (Wildman–Crippen MR) is 68.1 cm³/mol. The minimum Gasteiger partial charge on any atom is -0.458 e. The molecule has 1 N–H and O–H groups in total. The molecule has 1 heterocycles. The van der Waals surface area contributed by atoms with Gasteiger partial charge in [-0.15, -0.1) is 0 Å². The van der Waals surface area contributed by atoms with E-state index in [1.807, 2.05) is 13.8 Å². The van der Waals surface area contributed by atoms with Crippen molar-refractivity contribution in [3.05, 3.63) is 23.8 Å². The van der Waals surface area contributed by atoms with Crippen molar-refractivity contribution in [1.82, 2.24) is 0 Å². The van der Waals surface area contributed by atoms with Crippen LogP contribution in [0.2, 0.25) is 0 Å². The molecule has 4 nitrogen and oxygen atoms in total. The van der Waals surface area contributed by atoms with Crippen LogP contribution in [0.25, 0.3) is 0 Å². The summed E-state index contributed by atoms with van der Waals surface area (Å²) in [7, 11) is 0. The smallest absolute Gasteiger partial charge is 0.334 e. The molecular weight excluding hydrogens is 244 g/mol. The van der Waals surface area contributed by atoms with E-state index in [0.717, 1.165) is 5.57 Å². The Morgan fingerprint density at radius 1 is 1.47 bits per heavy atom. The molecule has 0 amide bonds. The van der Waals surface area contributed by atoms with Crippen LogP contribution >= 0.6 is 0 Å². The number of hydrogen-bond acceptors (Lipinski definition) is 4. The number of rotatable bonds is 0. The van der Waals surface area contributed by atoms with Gasteiger partial charge in [0, 0.05) is 16.9 Å². The van der Waals surface area contributed by atoms with E-state index in [1.54, 1.807) is 6.08 Å². The topological polar surface area (TPSA) is 63.6 Å². The van der Waals surface area contributed by atoms with E-state index in [-0.39, 0.29) is 29.7 Å². The molecule has 19 heavy (non-hydrogen) atoms. The summed E-state index contributed by atoms with van der Waals surface area (Å²) < 4.78 is 5.37. The maximum Gasteiger partial charge on any atom is 0.334 e. The summed E-state index contributed by atoms with van der Waals surface area (Å²) in [6.07, 6.45) is 1.65. The van der Waals surface area contributed by atoms with Gasteiger partial charge in [-0.1, -0.05) is 26.0 Å². The Bertz CT molecular complexity index is 518. The zero-order valence-electron chi connectivity index (χ0n) is 11.2. The maximum atomic E-state index is 11.8. The molecule has 0 aromatic heterocycles. The molecule has 1 aliphatic heterocycles. The fourth-order valence-corrected chi connectivity index (χ4v) is 3.87. The van der Waals surface area contributed by atoms with Gasteiger partial charge in [0.1, 0.15) is 12.2 Å². The van der Waals surface area contributed by atoms with E-state index in [0.29, 0.717) is 18.4 Å². The minimum atomic E-state index is -1.01. The molecule has 0 spiro atoms.